The van der Waals surface area contributed by atoms with Gasteiger partial charge in [-0.15, -0.1) is 0 Å². The molecule has 84 valence electrons. The molecule has 0 radical (unpaired) electrons. The maximum absolute atomic E-state index is 8.69. The average Bonchev–Trinajstić information content (AvgIpc) is 2.35. The second kappa shape index (κ2) is 5.58. The van der Waals surface area contributed by atoms with Crippen LogP contribution in [0.4, 0.5) is 0 Å². The number of aliphatic hydroxyl groups is 1. The van der Waals surface area contributed by atoms with E-state index in [0.717, 1.165) is 19.5 Å². The monoisotopic (exact) mass is 216 g/mol. The molecule has 1 aromatic heterocycles. The van der Waals surface area contributed by atoms with E-state index in [0.29, 0.717) is 0 Å². The Morgan fingerprint density at radius 3 is 3.06 bits per heavy atom. The SMILES string of the molecule is OCCCNCc1cccc2cnccc12. The second-order valence-corrected chi connectivity index (χ2v) is 3.77. The topological polar surface area (TPSA) is 45.1 Å². The predicted octanol–water partition coefficient (Wildman–Crippen LogP) is 1.71. The van der Waals surface area contributed by atoms with Crippen molar-refractivity contribution in [2.24, 2.45) is 0 Å². The molecule has 1 heterocycles. The van der Waals surface area contributed by atoms with Crippen LogP contribution in [0.1, 0.15) is 12.0 Å². The Hall–Kier alpha value is -1.45. The minimum absolute atomic E-state index is 0.243. The molecule has 0 aliphatic rings. The number of rotatable bonds is 5. The van der Waals surface area contributed by atoms with Crippen molar-refractivity contribution in [3.05, 3.63) is 42.2 Å². The third-order valence-electron chi connectivity index (χ3n) is 2.60. The summed E-state index contributed by atoms with van der Waals surface area (Å²) in [6, 6.07) is 8.28. The molecule has 0 unspecified atom stereocenters. The summed E-state index contributed by atoms with van der Waals surface area (Å²) in [6.45, 7) is 1.92. The van der Waals surface area contributed by atoms with Crippen LogP contribution in [-0.4, -0.2) is 23.2 Å². The molecular formula is C13H16N2O. The normalized spacial score (nSPS) is 10.8. The first-order valence-corrected chi connectivity index (χ1v) is 5.55. The van der Waals surface area contributed by atoms with E-state index >= 15 is 0 Å². The van der Waals surface area contributed by atoms with Crippen LogP contribution in [0.3, 0.4) is 0 Å². The van der Waals surface area contributed by atoms with Crippen LogP contribution in [0.2, 0.25) is 0 Å². The number of hydrogen-bond acceptors (Lipinski definition) is 3. The van der Waals surface area contributed by atoms with Gasteiger partial charge in [-0.25, -0.2) is 0 Å². The lowest BCUT2D eigenvalue weighted by molar-refractivity contribution is 0.286. The van der Waals surface area contributed by atoms with Crippen molar-refractivity contribution in [1.82, 2.24) is 10.3 Å². The van der Waals surface area contributed by atoms with E-state index in [4.69, 9.17) is 5.11 Å². The minimum atomic E-state index is 0.243. The summed E-state index contributed by atoms with van der Waals surface area (Å²) in [5.41, 5.74) is 1.28. The van der Waals surface area contributed by atoms with Crippen molar-refractivity contribution >= 4 is 10.8 Å². The zero-order valence-corrected chi connectivity index (χ0v) is 9.19. The highest BCUT2D eigenvalue weighted by molar-refractivity contribution is 5.84. The Morgan fingerprint density at radius 1 is 1.25 bits per heavy atom. The van der Waals surface area contributed by atoms with Gasteiger partial charge < -0.3 is 10.4 Å². The van der Waals surface area contributed by atoms with Crippen molar-refractivity contribution in [1.29, 1.82) is 0 Å². The first kappa shape index (κ1) is 11.0. The fraction of sp³-hybridized carbons (Fsp3) is 0.308. The average molecular weight is 216 g/mol. The number of nitrogens with zero attached hydrogens (tertiary/aromatic N) is 1. The van der Waals surface area contributed by atoms with Gasteiger partial charge in [0.1, 0.15) is 0 Å². The van der Waals surface area contributed by atoms with Crippen molar-refractivity contribution in [3.8, 4) is 0 Å². The van der Waals surface area contributed by atoms with E-state index in [-0.39, 0.29) is 6.61 Å². The van der Waals surface area contributed by atoms with E-state index < -0.39 is 0 Å². The number of fused-ring (bicyclic) bond motifs is 1. The highest BCUT2D eigenvalue weighted by atomic mass is 16.3. The molecule has 0 aliphatic heterocycles. The van der Waals surface area contributed by atoms with Crippen molar-refractivity contribution < 1.29 is 5.11 Å². The lowest BCUT2D eigenvalue weighted by Gasteiger charge is -2.07. The molecular weight excluding hydrogens is 200 g/mol. The summed E-state index contributed by atoms with van der Waals surface area (Å²) in [7, 11) is 0. The maximum atomic E-state index is 8.69. The van der Waals surface area contributed by atoms with Crippen LogP contribution in [-0.2, 0) is 6.54 Å². The first-order valence-electron chi connectivity index (χ1n) is 5.55. The molecule has 0 saturated heterocycles. The maximum Gasteiger partial charge on any atom is 0.0443 e. The van der Waals surface area contributed by atoms with Gasteiger partial charge in [-0.1, -0.05) is 18.2 Å². The zero-order chi connectivity index (χ0) is 11.2. The van der Waals surface area contributed by atoms with E-state index in [1.807, 2.05) is 24.5 Å². The molecule has 2 aromatic rings. The molecule has 16 heavy (non-hydrogen) atoms. The summed E-state index contributed by atoms with van der Waals surface area (Å²) < 4.78 is 0. The van der Waals surface area contributed by atoms with E-state index in [1.165, 1.54) is 16.3 Å². The molecule has 3 heteroatoms. The van der Waals surface area contributed by atoms with Gasteiger partial charge in [-0.3, -0.25) is 4.98 Å². The van der Waals surface area contributed by atoms with Crippen LogP contribution in [0.15, 0.2) is 36.7 Å². The number of aliphatic hydroxyl groups excluding tert-OH is 1. The van der Waals surface area contributed by atoms with Gasteiger partial charge in [-0.2, -0.15) is 0 Å². The number of benzene rings is 1. The molecule has 0 amide bonds. The fourth-order valence-corrected chi connectivity index (χ4v) is 1.77. The van der Waals surface area contributed by atoms with Crippen molar-refractivity contribution in [2.45, 2.75) is 13.0 Å². The fourth-order valence-electron chi connectivity index (χ4n) is 1.77. The van der Waals surface area contributed by atoms with Crippen LogP contribution >= 0.6 is 0 Å². The third-order valence-corrected chi connectivity index (χ3v) is 2.60. The van der Waals surface area contributed by atoms with Gasteiger partial charge in [0.25, 0.3) is 0 Å². The molecule has 0 fully saturated rings. The molecule has 1 aromatic carbocycles. The lowest BCUT2D eigenvalue weighted by Crippen LogP contribution is -2.15. The van der Waals surface area contributed by atoms with Crippen LogP contribution in [0, 0.1) is 0 Å². The van der Waals surface area contributed by atoms with Gasteiger partial charge in [0.2, 0.25) is 0 Å². The molecule has 3 nitrogen and oxygen atoms in total. The highest BCUT2D eigenvalue weighted by Crippen LogP contribution is 2.16. The molecule has 2 N–H and O–H groups in total. The van der Waals surface area contributed by atoms with Gasteiger partial charge in [0.05, 0.1) is 0 Å². The summed E-state index contributed by atoms with van der Waals surface area (Å²) in [4.78, 5) is 4.11. The number of hydrogen-bond donors (Lipinski definition) is 2. The molecule has 0 atom stereocenters. The molecule has 0 saturated carbocycles. The van der Waals surface area contributed by atoms with Crippen LogP contribution < -0.4 is 5.32 Å². The smallest absolute Gasteiger partial charge is 0.0443 e. The Kier molecular flexibility index (Phi) is 3.86. The first-order chi connectivity index (χ1) is 7.92. The van der Waals surface area contributed by atoms with Gasteiger partial charge in [-0.05, 0) is 30.0 Å². The van der Waals surface area contributed by atoms with E-state index in [9.17, 15) is 0 Å². The van der Waals surface area contributed by atoms with Crippen molar-refractivity contribution in [2.75, 3.05) is 13.2 Å². The molecule has 0 bridgehead atoms. The van der Waals surface area contributed by atoms with Gasteiger partial charge in [0, 0.05) is 30.9 Å². The molecule has 0 spiro atoms. The Bertz CT molecular complexity index is 451. The Labute approximate surface area is 95.1 Å². The lowest BCUT2D eigenvalue weighted by atomic mass is 10.1. The standard InChI is InChI=1S/C13H16N2O/c16-8-2-6-14-9-11-3-1-4-12-10-15-7-5-13(11)12/h1,3-5,7,10,14,16H,2,6,8-9H2. The number of aromatic nitrogens is 1. The predicted molar refractivity (Wildman–Crippen MR) is 65.2 cm³/mol. The largest absolute Gasteiger partial charge is 0.396 e. The Morgan fingerprint density at radius 2 is 2.19 bits per heavy atom. The Balaban J connectivity index is 2.11. The van der Waals surface area contributed by atoms with Gasteiger partial charge in [0.15, 0.2) is 0 Å². The van der Waals surface area contributed by atoms with E-state index in [1.54, 1.807) is 0 Å². The summed E-state index contributed by atoms with van der Waals surface area (Å²) in [5, 5.41) is 14.4. The molecule has 2 rings (SSSR count). The highest BCUT2D eigenvalue weighted by Gasteiger charge is 1.99. The number of pyridine rings is 1. The second-order valence-electron chi connectivity index (χ2n) is 3.77. The zero-order valence-electron chi connectivity index (χ0n) is 9.19. The quantitative estimate of drug-likeness (QED) is 0.748. The third kappa shape index (κ3) is 2.56. The van der Waals surface area contributed by atoms with Gasteiger partial charge >= 0.3 is 0 Å². The minimum Gasteiger partial charge on any atom is -0.396 e. The van der Waals surface area contributed by atoms with Crippen LogP contribution in [0.25, 0.3) is 10.8 Å². The summed E-state index contributed by atoms with van der Waals surface area (Å²) >= 11 is 0. The van der Waals surface area contributed by atoms with Crippen molar-refractivity contribution in [3.63, 3.8) is 0 Å². The summed E-state index contributed by atoms with van der Waals surface area (Å²) in [6.07, 6.45) is 4.50. The van der Waals surface area contributed by atoms with E-state index in [2.05, 4.69) is 22.4 Å². The number of nitrogens with one attached hydrogen (secondary N) is 1. The summed E-state index contributed by atoms with van der Waals surface area (Å²) in [5.74, 6) is 0. The molecule has 0 aliphatic carbocycles. The van der Waals surface area contributed by atoms with Crippen LogP contribution in [0.5, 0.6) is 0 Å².